The van der Waals surface area contributed by atoms with Crippen molar-refractivity contribution in [2.24, 2.45) is 0 Å². The Labute approximate surface area is 170 Å². The lowest BCUT2D eigenvalue weighted by molar-refractivity contribution is -0.130. The molecule has 2 heterocycles. The van der Waals surface area contributed by atoms with Gasteiger partial charge in [0.05, 0.1) is 22.6 Å². The fourth-order valence-electron chi connectivity index (χ4n) is 3.88. The highest BCUT2D eigenvalue weighted by Crippen LogP contribution is 2.42. The maximum atomic E-state index is 13.5. The fraction of sp³-hybridized carbons (Fsp3) is 0.476. The molecule has 1 aliphatic heterocycles. The number of amides is 2. The monoisotopic (exact) mass is 400 g/mol. The van der Waals surface area contributed by atoms with Gasteiger partial charge in [0, 0.05) is 44.0 Å². The van der Waals surface area contributed by atoms with E-state index in [9.17, 15) is 9.59 Å². The molecular weight excluding hydrogens is 376 g/mol. The van der Waals surface area contributed by atoms with Crippen LogP contribution in [0.2, 0.25) is 5.02 Å². The maximum Gasteiger partial charge on any atom is 0.257 e. The minimum atomic E-state index is 0.0373. The zero-order valence-electron chi connectivity index (χ0n) is 16.3. The summed E-state index contributed by atoms with van der Waals surface area (Å²) in [5.74, 6) is 0.465. The van der Waals surface area contributed by atoms with Crippen molar-refractivity contribution >= 4 is 23.4 Å². The predicted molar refractivity (Wildman–Crippen MR) is 108 cm³/mol. The number of hydrogen-bond acceptors (Lipinski definition) is 3. The van der Waals surface area contributed by atoms with Gasteiger partial charge in [-0.15, -0.1) is 0 Å². The molecule has 0 radical (unpaired) electrons. The molecule has 1 saturated heterocycles. The average Bonchev–Trinajstić information content (AvgIpc) is 3.47. The molecule has 2 aromatic rings. The molecule has 0 unspecified atom stereocenters. The van der Waals surface area contributed by atoms with Crippen molar-refractivity contribution in [3.05, 3.63) is 46.2 Å². The second kappa shape index (κ2) is 7.59. The van der Waals surface area contributed by atoms with E-state index < -0.39 is 0 Å². The van der Waals surface area contributed by atoms with Gasteiger partial charge in [-0.1, -0.05) is 24.6 Å². The van der Waals surface area contributed by atoms with Gasteiger partial charge in [0.1, 0.15) is 0 Å². The Bertz CT molecular complexity index is 911. The summed E-state index contributed by atoms with van der Waals surface area (Å²) in [6.07, 6.45) is 2.86. The van der Waals surface area contributed by atoms with E-state index in [-0.39, 0.29) is 11.8 Å². The van der Waals surface area contributed by atoms with Gasteiger partial charge < -0.3 is 9.80 Å². The van der Waals surface area contributed by atoms with Crippen molar-refractivity contribution in [3.8, 4) is 5.69 Å². The molecule has 1 aromatic heterocycles. The quantitative estimate of drug-likeness (QED) is 0.791. The lowest BCUT2D eigenvalue weighted by atomic mass is 10.1. The van der Waals surface area contributed by atoms with Crippen molar-refractivity contribution in [3.63, 3.8) is 0 Å². The lowest BCUT2D eigenvalue weighted by Gasteiger charge is -2.34. The molecule has 6 nitrogen and oxygen atoms in total. The predicted octanol–water partition coefficient (Wildman–Crippen LogP) is 3.27. The third-order valence-corrected chi connectivity index (χ3v) is 5.82. The molecule has 1 aromatic carbocycles. The Kier molecular flexibility index (Phi) is 5.15. The molecule has 1 aliphatic carbocycles. The van der Waals surface area contributed by atoms with E-state index in [1.165, 1.54) is 0 Å². The molecule has 2 aliphatic rings. The molecule has 7 heteroatoms. The van der Waals surface area contributed by atoms with E-state index in [0.29, 0.717) is 43.5 Å². The van der Waals surface area contributed by atoms with Crippen LogP contribution in [0.25, 0.3) is 5.69 Å². The van der Waals surface area contributed by atoms with Gasteiger partial charge in [-0.25, -0.2) is 4.68 Å². The first-order chi connectivity index (χ1) is 13.5. The smallest absolute Gasteiger partial charge is 0.257 e. The molecule has 2 fully saturated rings. The van der Waals surface area contributed by atoms with Gasteiger partial charge in [0.25, 0.3) is 5.91 Å². The van der Waals surface area contributed by atoms with Crippen LogP contribution < -0.4 is 0 Å². The first-order valence-corrected chi connectivity index (χ1v) is 10.3. The Balaban J connectivity index is 1.70. The van der Waals surface area contributed by atoms with Gasteiger partial charge in [0.15, 0.2) is 0 Å². The van der Waals surface area contributed by atoms with Crippen molar-refractivity contribution in [2.45, 2.75) is 39.0 Å². The van der Waals surface area contributed by atoms with E-state index in [1.54, 1.807) is 11.8 Å². The number of benzene rings is 1. The number of carbonyl (C=O) groups is 2. The number of halogens is 1. The van der Waals surface area contributed by atoms with Gasteiger partial charge >= 0.3 is 0 Å². The first-order valence-electron chi connectivity index (χ1n) is 9.92. The lowest BCUT2D eigenvalue weighted by Crippen LogP contribution is -2.50. The van der Waals surface area contributed by atoms with E-state index in [1.807, 2.05) is 33.8 Å². The Morgan fingerprint density at radius 2 is 1.82 bits per heavy atom. The van der Waals surface area contributed by atoms with Crippen LogP contribution in [-0.4, -0.2) is 57.6 Å². The molecule has 0 spiro atoms. The second-order valence-corrected chi connectivity index (χ2v) is 7.96. The fourth-order valence-corrected chi connectivity index (χ4v) is 4.06. The highest BCUT2D eigenvalue weighted by molar-refractivity contribution is 6.30. The van der Waals surface area contributed by atoms with Crippen LogP contribution in [0.3, 0.4) is 0 Å². The van der Waals surface area contributed by atoms with Crippen LogP contribution in [0.5, 0.6) is 0 Å². The SMILES string of the molecule is CCc1c(C(=O)N2CCN(C(C)=O)CC2)c(C2CC2)nn1-c1cccc(Cl)c1. The van der Waals surface area contributed by atoms with Crippen LogP contribution in [-0.2, 0) is 11.2 Å². The van der Waals surface area contributed by atoms with Crippen LogP contribution in [0.15, 0.2) is 24.3 Å². The van der Waals surface area contributed by atoms with E-state index in [0.717, 1.165) is 35.5 Å². The van der Waals surface area contributed by atoms with Gasteiger partial charge in [-0.2, -0.15) is 5.10 Å². The molecule has 148 valence electrons. The molecular formula is C21H25ClN4O2. The largest absolute Gasteiger partial charge is 0.339 e. The van der Waals surface area contributed by atoms with E-state index in [4.69, 9.17) is 16.7 Å². The van der Waals surface area contributed by atoms with Gasteiger partial charge in [-0.3, -0.25) is 9.59 Å². The number of hydrogen-bond donors (Lipinski definition) is 0. The molecule has 4 rings (SSSR count). The zero-order valence-corrected chi connectivity index (χ0v) is 17.1. The van der Waals surface area contributed by atoms with Crippen LogP contribution >= 0.6 is 11.6 Å². The summed E-state index contributed by atoms with van der Waals surface area (Å²) in [4.78, 5) is 28.7. The number of carbonyl (C=O) groups excluding carboxylic acids is 2. The van der Waals surface area contributed by atoms with Crippen LogP contribution in [0.1, 0.15) is 54.4 Å². The highest BCUT2D eigenvalue weighted by atomic mass is 35.5. The van der Waals surface area contributed by atoms with Crippen molar-refractivity contribution < 1.29 is 9.59 Å². The van der Waals surface area contributed by atoms with Gasteiger partial charge in [-0.05, 0) is 37.5 Å². The van der Waals surface area contributed by atoms with E-state index >= 15 is 0 Å². The molecule has 0 bridgehead atoms. The molecule has 0 atom stereocenters. The minimum absolute atomic E-state index is 0.0373. The topological polar surface area (TPSA) is 58.4 Å². The van der Waals surface area contributed by atoms with Crippen LogP contribution in [0, 0.1) is 0 Å². The Morgan fingerprint density at radius 1 is 1.14 bits per heavy atom. The summed E-state index contributed by atoms with van der Waals surface area (Å²) in [6.45, 7) is 5.93. The van der Waals surface area contributed by atoms with Crippen molar-refractivity contribution in [2.75, 3.05) is 26.2 Å². The third kappa shape index (κ3) is 3.53. The number of aromatic nitrogens is 2. The molecule has 1 saturated carbocycles. The molecule has 28 heavy (non-hydrogen) atoms. The Morgan fingerprint density at radius 3 is 2.39 bits per heavy atom. The molecule has 2 amide bonds. The normalized spacial score (nSPS) is 17.1. The summed E-state index contributed by atoms with van der Waals surface area (Å²) in [6, 6.07) is 7.58. The zero-order chi connectivity index (χ0) is 19.8. The maximum absolute atomic E-state index is 13.5. The molecule has 0 N–H and O–H groups in total. The summed E-state index contributed by atoms with van der Waals surface area (Å²) in [5.41, 5.74) is 3.48. The number of nitrogens with zero attached hydrogens (tertiary/aromatic N) is 4. The summed E-state index contributed by atoms with van der Waals surface area (Å²) < 4.78 is 1.89. The van der Waals surface area contributed by atoms with Crippen molar-refractivity contribution in [1.29, 1.82) is 0 Å². The standard InChI is InChI=1S/C21H25ClN4O2/c1-3-18-19(21(28)25-11-9-24(10-12-25)14(2)27)20(15-7-8-15)23-26(18)17-6-4-5-16(22)13-17/h4-6,13,15H,3,7-12H2,1-2H3. The number of rotatable bonds is 4. The highest BCUT2D eigenvalue weighted by Gasteiger charge is 2.36. The summed E-state index contributed by atoms with van der Waals surface area (Å²) in [7, 11) is 0. The Hall–Kier alpha value is -2.34. The van der Waals surface area contributed by atoms with Gasteiger partial charge in [0.2, 0.25) is 5.91 Å². The van der Waals surface area contributed by atoms with Crippen molar-refractivity contribution in [1.82, 2.24) is 19.6 Å². The van der Waals surface area contributed by atoms with E-state index in [2.05, 4.69) is 6.92 Å². The third-order valence-electron chi connectivity index (χ3n) is 5.59. The average molecular weight is 401 g/mol. The summed E-state index contributed by atoms with van der Waals surface area (Å²) in [5, 5.41) is 5.51. The minimum Gasteiger partial charge on any atom is -0.339 e. The second-order valence-electron chi connectivity index (χ2n) is 7.52. The number of piperazine rings is 1. The summed E-state index contributed by atoms with van der Waals surface area (Å²) >= 11 is 6.19. The first kappa shape index (κ1) is 19.0. The van der Waals surface area contributed by atoms with Crippen LogP contribution in [0.4, 0.5) is 0 Å².